The summed E-state index contributed by atoms with van der Waals surface area (Å²) < 4.78 is 2.32. The van der Waals surface area contributed by atoms with Gasteiger partial charge in [-0.2, -0.15) is 0 Å². The maximum absolute atomic E-state index is 4.87. The van der Waals surface area contributed by atoms with Gasteiger partial charge in [-0.1, -0.05) is 30.3 Å². The van der Waals surface area contributed by atoms with E-state index >= 15 is 0 Å². The quantitative estimate of drug-likeness (QED) is 0.722. The topological polar surface area (TPSA) is 34.0 Å². The van der Waals surface area contributed by atoms with Gasteiger partial charge >= 0.3 is 0 Å². The fourth-order valence-electron chi connectivity index (χ4n) is 3.39. The van der Waals surface area contributed by atoms with Crippen LogP contribution in [0.15, 0.2) is 48.7 Å². The highest BCUT2D eigenvalue weighted by molar-refractivity contribution is 5.77. The summed E-state index contributed by atoms with van der Waals surface area (Å²) in [5, 5.41) is 0. The van der Waals surface area contributed by atoms with E-state index in [1.165, 1.54) is 12.8 Å². The van der Waals surface area contributed by atoms with Gasteiger partial charge in [-0.3, -0.25) is 9.47 Å². The van der Waals surface area contributed by atoms with Crippen LogP contribution in [0.25, 0.3) is 22.6 Å². The van der Waals surface area contributed by atoms with E-state index in [1.807, 2.05) is 24.4 Å². The van der Waals surface area contributed by atoms with E-state index < -0.39 is 0 Å². The fourth-order valence-corrected chi connectivity index (χ4v) is 3.39. The molecule has 1 aliphatic rings. The van der Waals surface area contributed by atoms with Gasteiger partial charge in [0.15, 0.2) is 5.65 Å². The number of pyridine rings is 1. The van der Waals surface area contributed by atoms with Crippen molar-refractivity contribution in [3.8, 4) is 11.4 Å². The Hall–Kier alpha value is -2.20. The summed E-state index contributed by atoms with van der Waals surface area (Å²) >= 11 is 0. The SMILES string of the molecule is CN1CCCCC1n1c(-c2ccccc2)nc2cccnc21. The number of hydrogen-bond donors (Lipinski definition) is 0. The first-order chi connectivity index (χ1) is 10.8. The van der Waals surface area contributed by atoms with Gasteiger partial charge in [-0.05, 0) is 45.0 Å². The first kappa shape index (κ1) is 13.5. The van der Waals surface area contributed by atoms with Crippen molar-refractivity contribution in [2.45, 2.75) is 25.4 Å². The highest BCUT2D eigenvalue weighted by Crippen LogP contribution is 2.33. The lowest BCUT2D eigenvalue weighted by atomic mass is 10.1. The van der Waals surface area contributed by atoms with Crippen molar-refractivity contribution in [3.05, 3.63) is 48.7 Å². The summed E-state index contributed by atoms with van der Waals surface area (Å²) in [5.74, 6) is 1.02. The molecule has 3 aromatic rings. The molecule has 112 valence electrons. The Bertz CT molecular complexity index is 778. The zero-order chi connectivity index (χ0) is 14.9. The van der Waals surface area contributed by atoms with E-state index in [1.54, 1.807) is 0 Å². The molecule has 1 unspecified atom stereocenters. The van der Waals surface area contributed by atoms with E-state index in [9.17, 15) is 0 Å². The Morgan fingerprint density at radius 2 is 1.91 bits per heavy atom. The molecule has 3 heterocycles. The molecule has 0 saturated carbocycles. The second-order valence-electron chi connectivity index (χ2n) is 5.97. The van der Waals surface area contributed by atoms with Crippen molar-refractivity contribution in [1.29, 1.82) is 0 Å². The van der Waals surface area contributed by atoms with Crippen molar-refractivity contribution in [2.75, 3.05) is 13.6 Å². The number of likely N-dealkylation sites (tertiary alicyclic amines) is 1. The molecule has 1 saturated heterocycles. The lowest BCUT2D eigenvalue weighted by Crippen LogP contribution is -2.34. The maximum atomic E-state index is 4.87. The molecule has 4 rings (SSSR count). The minimum atomic E-state index is 0.337. The van der Waals surface area contributed by atoms with Crippen LogP contribution in [0.1, 0.15) is 25.4 Å². The summed E-state index contributed by atoms with van der Waals surface area (Å²) in [6.45, 7) is 1.13. The van der Waals surface area contributed by atoms with E-state index in [-0.39, 0.29) is 0 Å². The molecule has 0 N–H and O–H groups in total. The summed E-state index contributed by atoms with van der Waals surface area (Å²) in [5.41, 5.74) is 3.11. The molecule has 2 aromatic heterocycles. The number of piperidine rings is 1. The number of fused-ring (bicyclic) bond motifs is 1. The molecule has 0 spiro atoms. The Balaban J connectivity index is 1.94. The van der Waals surface area contributed by atoms with Gasteiger partial charge in [0.1, 0.15) is 11.3 Å². The predicted molar refractivity (Wildman–Crippen MR) is 88.5 cm³/mol. The molecule has 4 heteroatoms. The lowest BCUT2D eigenvalue weighted by molar-refractivity contribution is 0.131. The first-order valence-electron chi connectivity index (χ1n) is 7.93. The smallest absolute Gasteiger partial charge is 0.161 e. The number of aromatic nitrogens is 3. The average molecular weight is 292 g/mol. The molecule has 1 aliphatic heterocycles. The van der Waals surface area contributed by atoms with E-state index in [4.69, 9.17) is 4.98 Å². The predicted octanol–water partition coefficient (Wildman–Crippen LogP) is 3.71. The number of rotatable bonds is 2. The Morgan fingerprint density at radius 1 is 1.05 bits per heavy atom. The molecule has 1 atom stereocenters. The lowest BCUT2D eigenvalue weighted by Gasteiger charge is -2.34. The van der Waals surface area contributed by atoms with Crippen molar-refractivity contribution in [1.82, 2.24) is 19.4 Å². The molecule has 0 aliphatic carbocycles. The molecule has 4 nitrogen and oxygen atoms in total. The third-order valence-electron chi connectivity index (χ3n) is 4.51. The van der Waals surface area contributed by atoms with Gasteiger partial charge in [0.2, 0.25) is 0 Å². The third-order valence-corrected chi connectivity index (χ3v) is 4.51. The molecule has 1 aromatic carbocycles. The summed E-state index contributed by atoms with van der Waals surface area (Å²) in [7, 11) is 2.20. The summed E-state index contributed by atoms with van der Waals surface area (Å²) in [6, 6.07) is 14.4. The maximum Gasteiger partial charge on any atom is 0.161 e. The normalized spacial score (nSPS) is 19.6. The van der Waals surface area contributed by atoms with Gasteiger partial charge in [-0.15, -0.1) is 0 Å². The minimum absolute atomic E-state index is 0.337. The van der Waals surface area contributed by atoms with Crippen molar-refractivity contribution in [2.24, 2.45) is 0 Å². The van der Waals surface area contributed by atoms with Crippen LogP contribution in [0.3, 0.4) is 0 Å². The van der Waals surface area contributed by atoms with E-state index in [2.05, 4.69) is 45.8 Å². The molecule has 22 heavy (non-hydrogen) atoms. The number of imidazole rings is 1. The monoisotopic (exact) mass is 292 g/mol. The van der Waals surface area contributed by atoms with Crippen LogP contribution < -0.4 is 0 Å². The Morgan fingerprint density at radius 3 is 2.73 bits per heavy atom. The van der Waals surface area contributed by atoms with Crippen LogP contribution in [-0.2, 0) is 0 Å². The van der Waals surface area contributed by atoms with Crippen LogP contribution in [0, 0.1) is 0 Å². The number of hydrogen-bond acceptors (Lipinski definition) is 3. The van der Waals surface area contributed by atoms with Crippen molar-refractivity contribution >= 4 is 11.2 Å². The van der Waals surface area contributed by atoms with Gasteiger partial charge in [0.25, 0.3) is 0 Å². The molecular formula is C18H20N4. The molecule has 0 amide bonds. The third kappa shape index (κ3) is 2.20. The van der Waals surface area contributed by atoms with Crippen LogP contribution in [-0.4, -0.2) is 33.0 Å². The van der Waals surface area contributed by atoms with Crippen LogP contribution >= 0.6 is 0 Å². The fraction of sp³-hybridized carbons (Fsp3) is 0.333. The molecular weight excluding hydrogens is 272 g/mol. The van der Waals surface area contributed by atoms with E-state index in [0.29, 0.717) is 6.17 Å². The zero-order valence-corrected chi connectivity index (χ0v) is 12.8. The van der Waals surface area contributed by atoms with Gasteiger partial charge in [-0.25, -0.2) is 9.97 Å². The Labute approximate surface area is 130 Å². The summed E-state index contributed by atoms with van der Waals surface area (Å²) in [4.78, 5) is 11.9. The number of nitrogens with zero attached hydrogens (tertiary/aromatic N) is 4. The van der Waals surface area contributed by atoms with E-state index in [0.717, 1.165) is 35.5 Å². The molecule has 0 bridgehead atoms. The second-order valence-corrected chi connectivity index (χ2v) is 5.97. The van der Waals surface area contributed by atoms with Crippen LogP contribution in [0.4, 0.5) is 0 Å². The molecule has 0 radical (unpaired) electrons. The van der Waals surface area contributed by atoms with Crippen LogP contribution in [0.2, 0.25) is 0 Å². The first-order valence-corrected chi connectivity index (χ1v) is 7.93. The largest absolute Gasteiger partial charge is 0.292 e. The summed E-state index contributed by atoms with van der Waals surface area (Å²) in [6.07, 6.45) is 5.88. The number of benzene rings is 1. The second kappa shape index (κ2) is 5.54. The average Bonchev–Trinajstić information content (AvgIpc) is 2.95. The Kier molecular flexibility index (Phi) is 3.39. The van der Waals surface area contributed by atoms with Gasteiger partial charge in [0.05, 0.1) is 6.17 Å². The van der Waals surface area contributed by atoms with Crippen molar-refractivity contribution in [3.63, 3.8) is 0 Å². The standard InChI is InChI=1S/C18H20N4/c1-21-13-6-5-11-16(21)22-17(14-8-3-2-4-9-14)20-15-10-7-12-19-18(15)22/h2-4,7-10,12,16H,5-6,11,13H2,1H3. The minimum Gasteiger partial charge on any atom is -0.292 e. The van der Waals surface area contributed by atoms with Gasteiger partial charge < -0.3 is 0 Å². The zero-order valence-electron chi connectivity index (χ0n) is 12.8. The van der Waals surface area contributed by atoms with Crippen LogP contribution in [0.5, 0.6) is 0 Å². The van der Waals surface area contributed by atoms with Crippen molar-refractivity contribution < 1.29 is 0 Å². The van der Waals surface area contributed by atoms with Gasteiger partial charge in [0, 0.05) is 11.8 Å². The highest BCUT2D eigenvalue weighted by atomic mass is 15.3. The molecule has 1 fully saturated rings. The highest BCUT2D eigenvalue weighted by Gasteiger charge is 2.26.